The highest BCUT2D eigenvalue weighted by Crippen LogP contribution is 2.23. The maximum absolute atomic E-state index is 11.7. The number of nitrogens with zero attached hydrogens (tertiary/aromatic N) is 2. The van der Waals surface area contributed by atoms with Crippen molar-refractivity contribution >= 4 is 5.97 Å². The van der Waals surface area contributed by atoms with Gasteiger partial charge in [0.1, 0.15) is 5.56 Å². The van der Waals surface area contributed by atoms with Gasteiger partial charge >= 0.3 is 5.97 Å². The Morgan fingerprint density at radius 3 is 2.62 bits per heavy atom. The molecule has 0 atom stereocenters. The van der Waals surface area contributed by atoms with Crippen molar-refractivity contribution in [3.63, 3.8) is 0 Å². The summed E-state index contributed by atoms with van der Waals surface area (Å²) in [5.41, 5.74) is 1.43. The average molecular weight is 322 g/mol. The molecule has 24 heavy (non-hydrogen) atoms. The Kier molecular flexibility index (Phi) is 4.11. The highest BCUT2D eigenvalue weighted by atomic mass is 16.4. The standard InChI is InChI=1S/C18H14N2O4/c21-16-11-20(10-15(17(16)22)18(23)24)9-13-4-1-2-6-14(13)12-5-3-7-19-8-12/h1-8,10-11,21H,9H2,(H,23,24). The Morgan fingerprint density at radius 2 is 1.92 bits per heavy atom. The summed E-state index contributed by atoms with van der Waals surface area (Å²) in [6.45, 7) is 0.305. The second kappa shape index (κ2) is 6.37. The highest BCUT2D eigenvalue weighted by Gasteiger charge is 2.14. The van der Waals surface area contributed by atoms with Crippen LogP contribution in [0.15, 0.2) is 66.0 Å². The number of carbonyl (C=O) groups is 1. The quantitative estimate of drug-likeness (QED) is 0.769. The Morgan fingerprint density at radius 1 is 1.12 bits per heavy atom. The van der Waals surface area contributed by atoms with E-state index in [1.54, 1.807) is 12.4 Å². The Balaban J connectivity index is 2.05. The lowest BCUT2D eigenvalue weighted by Crippen LogP contribution is -2.17. The number of hydrogen-bond acceptors (Lipinski definition) is 4. The van der Waals surface area contributed by atoms with Gasteiger partial charge in [0.05, 0.1) is 6.20 Å². The van der Waals surface area contributed by atoms with Crippen LogP contribution in [0.1, 0.15) is 15.9 Å². The third kappa shape index (κ3) is 3.03. The summed E-state index contributed by atoms with van der Waals surface area (Å²) in [5, 5.41) is 18.8. The first kappa shape index (κ1) is 15.5. The topological polar surface area (TPSA) is 92.4 Å². The normalized spacial score (nSPS) is 10.5. The molecule has 2 heterocycles. The zero-order valence-electron chi connectivity index (χ0n) is 12.6. The van der Waals surface area contributed by atoms with Crippen molar-refractivity contribution in [3.8, 4) is 16.9 Å². The molecule has 0 aliphatic heterocycles. The molecular formula is C18H14N2O4. The van der Waals surface area contributed by atoms with Gasteiger partial charge in [0.15, 0.2) is 5.75 Å². The van der Waals surface area contributed by atoms with Crippen LogP contribution in [-0.2, 0) is 6.54 Å². The number of rotatable bonds is 4. The van der Waals surface area contributed by atoms with Crippen molar-refractivity contribution in [2.75, 3.05) is 0 Å². The first-order valence-corrected chi connectivity index (χ1v) is 7.21. The second-order valence-corrected chi connectivity index (χ2v) is 5.26. The third-order valence-electron chi connectivity index (χ3n) is 3.63. The molecular weight excluding hydrogens is 308 g/mol. The third-order valence-corrected chi connectivity index (χ3v) is 3.63. The molecule has 0 saturated carbocycles. The lowest BCUT2D eigenvalue weighted by atomic mass is 10.0. The molecule has 0 aliphatic carbocycles. The molecule has 0 saturated heterocycles. The van der Waals surface area contributed by atoms with Gasteiger partial charge in [0.25, 0.3) is 0 Å². The van der Waals surface area contributed by atoms with Gasteiger partial charge in [-0.2, -0.15) is 0 Å². The van der Waals surface area contributed by atoms with Crippen molar-refractivity contribution in [2.24, 2.45) is 0 Å². The summed E-state index contributed by atoms with van der Waals surface area (Å²) in [6, 6.07) is 11.4. The van der Waals surface area contributed by atoms with Crippen molar-refractivity contribution < 1.29 is 15.0 Å². The molecule has 0 amide bonds. The molecule has 0 aliphatic rings. The minimum absolute atomic E-state index is 0.305. The largest absolute Gasteiger partial charge is 0.503 e. The molecule has 2 aromatic heterocycles. The molecule has 6 nitrogen and oxygen atoms in total. The van der Waals surface area contributed by atoms with Crippen LogP contribution in [0.3, 0.4) is 0 Å². The first-order chi connectivity index (χ1) is 11.6. The van der Waals surface area contributed by atoms with E-state index in [2.05, 4.69) is 4.98 Å². The summed E-state index contributed by atoms with van der Waals surface area (Å²) >= 11 is 0. The number of carboxylic acids is 1. The predicted octanol–water partition coefficient (Wildman–Crippen LogP) is 2.36. The lowest BCUT2D eigenvalue weighted by Gasteiger charge is -2.12. The van der Waals surface area contributed by atoms with Crippen molar-refractivity contribution in [3.05, 3.63) is 82.5 Å². The van der Waals surface area contributed by atoms with E-state index in [0.717, 1.165) is 16.7 Å². The van der Waals surface area contributed by atoms with Crippen LogP contribution in [-0.4, -0.2) is 25.7 Å². The van der Waals surface area contributed by atoms with Crippen LogP contribution in [0.2, 0.25) is 0 Å². The number of benzene rings is 1. The van der Waals surface area contributed by atoms with Crippen LogP contribution in [0, 0.1) is 0 Å². The minimum atomic E-state index is -1.37. The van der Waals surface area contributed by atoms with E-state index < -0.39 is 22.7 Å². The average Bonchev–Trinajstić information content (AvgIpc) is 2.59. The fourth-order valence-corrected chi connectivity index (χ4v) is 2.52. The zero-order valence-corrected chi connectivity index (χ0v) is 12.6. The maximum atomic E-state index is 11.7. The van der Waals surface area contributed by atoms with Crippen molar-refractivity contribution in [2.45, 2.75) is 6.54 Å². The number of hydrogen-bond donors (Lipinski definition) is 2. The van der Waals surface area contributed by atoms with Crippen LogP contribution in [0.5, 0.6) is 5.75 Å². The van der Waals surface area contributed by atoms with E-state index in [0.29, 0.717) is 6.54 Å². The fourth-order valence-electron chi connectivity index (χ4n) is 2.52. The van der Waals surface area contributed by atoms with Crippen LogP contribution in [0.4, 0.5) is 0 Å². The summed E-state index contributed by atoms with van der Waals surface area (Å²) < 4.78 is 1.48. The summed E-state index contributed by atoms with van der Waals surface area (Å²) in [4.78, 5) is 26.9. The molecule has 0 radical (unpaired) electrons. The fraction of sp³-hybridized carbons (Fsp3) is 0.0556. The minimum Gasteiger partial charge on any atom is -0.503 e. The van der Waals surface area contributed by atoms with Gasteiger partial charge < -0.3 is 14.8 Å². The predicted molar refractivity (Wildman–Crippen MR) is 88.1 cm³/mol. The monoisotopic (exact) mass is 322 g/mol. The number of carboxylic acid groups (broad SMARTS) is 1. The molecule has 2 N–H and O–H groups in total. The van der Waals surface area contributed by atoms with Crippen molar-refractivity contribution in [1.82, 2.24) is 9.55 Å². The van der Waals surface area contributed by atoms with Gasteiger partial charge in [-0.15, -0.1) is 0 Å². The summed E-state index contributed by atoms with van der Waals surface area (Å²) in [6.07, 6.45) is 5.88. The lowest BCUT2D eigenvalue weighted by molar-refractivity contribution is 0.0694. The van der Waals surface area contributed by atoms with Gasteiger partial charge in [-0.05, 0) is 17.2 Å². The van der Waals surface area contributed by atoms with E-state index in [1.807, 2.05) is 36.4 Å². The van der Waals surface area contributed by atoms with Gasteiger partial charge in [0, 0.05) is 30.7 Å². The maximum Gasteiger partial charge on any atom is 0.341 e. The van der Waals surface area contributed by atoms with Crippen LogP contribution >= 0.6 is 0 Å². The number of aromatic carboxylic acids is 1. The molecule has 0 spiro atoms. The molecule has 3 rings (SSSR count). The number of aromatic hydroxyl groups is 1. The van der Waals surface area contributed by atoms with Gasteiger partial charge in [-0.25, -0.2) is 4.79 Å². The smallest absolute Gasteiger partial charge is 0.341 e. The molecule has 3 aromatic rings. The van der Waals surface area contributed by atoms with Crippen molar-refractivity contribution in [1.29, 1.82) is 0 Å². The number of aromatic nitrogens is 2. The molecule has 6 heteroatoms. The van der Waals surface area contributed by atoms with Crippen LogP contribution < -0.4 is 5.43 Å². The van der Waals surface area contributed by atoms with Gasteiger partial charge in [0.2, 0.25) is 5.43 Å². The Bertz CT molecular complexity index is 949. The Hall–Kier alpha value is -3.41. The molecule has 1 aromatic carbocycles. The van der Waals surface area contributed by atoms with E-state index in [4.69, 9.17) is 5.11 Å². The van der Waals surface area contributed by atoms with Gasteiger partial charge in [-0.1, -0.05) is 30.3 Å². The Labute approximate surface area is 137 Å². The second-order valence-electron chi connectivity index (χ2n) is 5.26. The molecule has 0 unspecified atom stereocenters. The number of pyridine rings is 2. The van der Waals surface area contributed by atoms with Gasteiger partial charge in [-0.3, -0.25) is 9.78 Å². The first-order valence-electron chi connectivity index (χ1n) is 7.21. The van der Waals surface area contributed by atoms with Crippen LogP contribution in [0.25, 0.3) is 11.1 Å². The van der Waals surface area contributed by atoms with E-state index in [9.17, 15) is 14.7 Å². The molecule has 0 fully saturated rings. The molecule has 120 valence electrons. The molecule has 0 bridgehead atoms. The summed E-state index contributed by atoms with van der Waals surface area (Å²) in [5.74, 6) is -1.96. The van der Waals surface area contributed by atoms with E-state index >= 15 is 0 Å². The van der Waals surface area contributed by atoms with E-state index in [1.165, 1.54) is 17.0 Å². The highest BCUT2D eigenvalue weighted by molar-refractivity contribution is 5.87. The summed E-state index contributed by atoms with van der Waals surface area (Å²) in [7, 11) is 0. The SMILES string of the molecule is O=C(O)c1cn(Cc2ccccc2-c2cccnc2)cc(O)c1=O. The zero-order chi connectivity index (χ0) is 17.1. The van der Waals surface area contributed by atoms with E-state index in [-0.39, 0.29) is 0 Å².